The van der Waals surface area contributed by atoms with E-state index in [1.807, 2.05) is 0 Å². The second kappa shape index (κ2) is 15.0. The van der Waals surface area contributed by atoms with Gasteiger partial charge in [-0.2, -0.15) is 0 Å². The van der Waals surface area contributed by atoms with Crippen molar-refractivity contribution in [3.63, 3.8) is 0 Å². The predicted octanol–water partition coefficient (Wildman–Crippen LogP) is 1.14. The summed E-state index contributed by atoms with van der Waals surface area (Å²) in [5.41, 5.74) is 0.467. The summed E-state index contributed by atoms with van der Waals surface area (Å²) in [5.74, 6) is -3.02. The third-order valence-electron chi connectivity index (χ3n) is 6.56. The number of hydrogen-bond acceptors (Lipinski definition) is 10. The third kappa shape index (κ3) is 8.19. The molecule has 14 nitrogen and oxygen atoms in total. The van der Waals surface area contributed by atoms with Gasteiger partial charge in [0.25, 0.3) is 5.91 Å². The minimum Gasteiger partial charge on any atom is -0.480 e. The van der Waals surface area contributed by atoms with E-state index in [1.54, 1.807) is 7.05 Å². The van der Waals surface area contributed by atoms with E-state index in [4.69, 9.17) is 0 Å². The number of carboxylic acid groups (broad SMARTS) is 2. The van der Waals surface area contributed by atoms with Gasteiger partial charge in [0.2, 0.25) is 17.0 Å². The Morgan fingerprint density at radius 3 is 2.48 bits per heavy atom. The van der Waals surface area contributed by atoms with Gasteiger partial charge in [0.05, 0.1) is 0 Å². The van der Waals surface area contributed by atoms with Gasteiger partial charge in [0.15, 0.2) is 0 Å². The summed E-state index contributed by atoms with van der Waals surface area (Å²) in [7, 11) is 1.67. The molecule has 16 heteroatoms. The Hall–Kier alpha value is -3.14. The Kier molecular flexibility index (Phi) is 11.8. The minimum absolute atomic E-state index is 0.0346. The lowest BCUT2D eigenvalue weighted by Gasteiger charge is -2.49. The third-order valence-corrected chi connectivity index (χ3v) is 9.00. The highest BCUT2D eigenvalue weighted by Gasteiger charge is 2.54. The summed E-state index contributed by atoms with van der Waals surface area (Å²) in [6, 6.07) is -1.96. The van der Waals surface area contributed by atoms with E-state index in [2.05, 4.69) is 33.1 Å². The molecule has 1 aromatic heterocycles. The van der Waals surface area contributed by atoms with Crippen LogP contribution in [0.2, 0.25) is 0 Å². The molecule has 0 aliphatic carbocycles. The number of tetrazole rings is 1. The summed E-state index contributed by atoms with van der Waals surface area (Å²) < 4.78 is 1.47. The van der Waals surface area contributed by atoms with Gasteiger partial charge in [0, 0.05) is 31.4 Å². The fraction of sp³-hybridized carbons (Fsp3) is 0.667. The molecule has 0 aromatic carbocycles. The molecule has 2 aliphatic heterocycles. The first-order valence-electron chi connectivity index (χ1n) is 13.2. The Balaban J connectivity index is 1.46. The molecule has 1 aromatic rings. The Bertz CT molecular complexity index is 1140. The van der Waals surface area contributed by atoms with E-state index in [1.165, 1.54) is 33.1 Å². The maximum Gasteiger partial charge on any atom is 0.352 e. The lowest BCUT2D eigenvalue weighted by molar-refractivity contribution is -0.150. The first kappa shape index (κ1) is 31.4. The number of fused-ring (bicyclic) bond motifs is 1. The standard InChI is InChI=1S/C24H35N7O7S2/c1-3-4-5-6-7-10-16(32)25-15(22(35)36)9-8-11-17(33)26-18-20(34)31-19(23(37)38)14(12-39-21(18)31)13-40-24-27-28-29-30(24)2/h15,18,21H,3-13H2,1-2H3,(H,25,32)(H,26,33)(H,35,36)(H,37,38)/t15?,18?,21-/m0/s1. The molecular formula is C24H35N7O7S2. The van der Waals surface area contributed by atoms with Crippen LogP contribution in [-0.4, -0.2) is 93.9 Å². The van der Waals surface area contributed by atoms with Crippen LogP contribution in [0.25, 0.3) is 0 Å². The van der Waals surface area contributed by atoms with Crippen molar-refractivity contribution < 1.29 is 34.2 Å². The van der Waals surface area contributed by atoms with Gasteiger partial charge in [-0.05, 0) is 35.3 Å². The molecule has 2 aliphatic rings. The maximum absolute atomic E-state index is 12.8. The molecule has 2 unspecified atom stereocenters. The van der Waals surface area contributed by atoms with Crippen LogP contribution in [0.15, 0.2) is 16.4 Å². The molecular weight excluding hydrogens is 562 g/mol. The van der Waals surface area contributed by atoms with E-state index >= 15 is 0 Å². The number of carbonyl (C=O) groups is 5. The topological polar surface area (TPSA) is 197 Å². The van der Waals surface area contributed by atoms with Crippen molar-refractivity contribution in [3.8, 4) is 0 Å². The summed E-state index contributed by atoms with van der Waals surface area (Å²) in [6.07, 6.45) is 5.35. The number of β-lactam (4-membered cyclic amide) rings is 1. The fourth-order valence-corrected chi connectivity index (χ4v) is 6.75. The Morgan fingerprint density at radius 2 is 1.82 bits per heavy atom. The summed E-state index contributed by atoms with van der Waals surface area (Å²) in [4.78, 5) is 62.3. The van der Waals surface area contributed by atoms with Gasteiger partial charge in [-0.15, -0.1) is 16.9 Å². The number of nitrogens with zero attached hydrogens (tertiary/aromatic N) is 5. The molecule has 3 amide bonds. The van der Waals surface area contributed by atoms with Crippen molar-refractivity contribution in [2.75, 3.05) is 11.5 Å². The van der Waals surface area contributed by atoms with E-state index in [9.17, 15) is 34.2 Å². The van der Waals surface area contributed by atoms with E-state index < -0.39 is 41.2 Å². The number of aryl methyl sites for hydroxylation is 1. The van der Waals surface area contributed by atoms with Crippen molar-refractivity contribution in [1.82, 2.24) is 35.7 Å². The molecule has 4 N–H and O–H groups in total. The normalized spacial score (nSPS) is 19.1. The average Bonchev–Trinajstić information content (AvgIpc) is 3.33. The maximum atomic E-state index is 12.8. The zero-order valence-electron chi connectivity index (χ0n) is 22.5. The zero-order chi connectivity index (χ0) is 29.2. The molecule has 0 bridgehead atoms. The number of hydrogen-bond donors (Lipinski definition) is 4. The highest BCUT2D eigenvalue weighted by molar-refractivity contribution is 8.01. The molecule has 0 radical (unpaired) electrons. The highest BCUT2D eigenvalue weighted by Crippen LogP contribution is 2.41. The molecule has 1 fully saturated rings. The van der Waals surface area contributed by atoms with E-state index in [0.29, 0.717) is 22.9 Å². The van der Waals surface area contributed by atoms with Crippen molar-refractivity contribution in [1.29, 1.82) is 0 Å². The van der Waals surface area contributed by atoms with Gasteiger partial charge >= 0.3 is 11.9 Å². The van der Waals surface area contributed by atoms with Crippen LogP contribution < -0.4 is 10.6 Å². The largest absolute Gasteiger partial charge is 0.480 e. The number of thioether (sulfide) groups is 2. The number of aromatic nitrogens is 4. The Labute approximate surface area is 240 Å². The van der Waals surface area contributed by atoms with E-state index in [-0.39, 0.29) is 43.0 Å². The smallest absolute Gasteiger partial charge is 0.352 e. The number of carboxylic acids is 2. The molecule has 1 saturated heterocycles. The van der Waals surface area contributed by atoms with E-state index in [0.717, 1.165) is 25.7 Å². The van der Waals surface area contributed by atoms with Crippen LogP contribution in [0.3, 0.4) is 0 Å². The lowest BCUT2D eigenvalue weighted by atomic mass is 10.0. The van der Waals surface area contributed by atoms with Crippen LogP contribution in [-0.2, 0) is 31.0 Å². The number of rotatable bonds is 17. The second-order valence-corrected chi connectivity index (χ2v) is 11.6. The van der Waals surface area contributed by atoms with Crippen molar-refractivity contribution in [3.05, 3.63) is 11.3 Å². The molecule has 3 rings (SSSR count). The number of aliphatic carboxylic acids is 2. The number of carbonyl (C=O) groups excluding carboxylic acids is 3. The van der Waals surface area contributed by atoms with Gasteiger partial charge in [-0.25, -0.2) is 14.3 Å². The van der Waals surface area contributed by atoms with Crippen molar-refractivity contribution in [2.24, 2.45) is 7.05 Å². The zero-order valence-corrected chi connectivity index (χ0v) is 24.1. The van der Waals surface area contributed by atoms with Crippen LogP contribution in [0.1, 0.15) is 64.7 Å². The SMILES string of the molecule is CCCCCCCC(=O)NC(CCCC(=O)NC1C(=O)N2C(C(=O)O)=C(CSc3nnnn3C)CS[C@@H]12)C(=O)O. The molecule has 40 heavy (non-hydrogen) atoms. The van der Waals surface area contributed by atoms with Gasteiger partial charge in [0.1, 0.15) is 23.2 Å². The van der Waals surface area contributed by atoms with Gasteiger partial charge in [-0.1, -0.05) is 44.4 Å². The first-order valence-corrected chi connectivity index (χ1v) is 15.2. The number of amides is 3. The Morgan fingerprint density at radius 1 is 1.10 bits per heavy atom. The van der Waals surface area contributed by atoms with Gasteiger partial charge in [-0.3, -0.25) is 19.3 Å². The lowest BCUT2D eigenvalue weighted by Crippen LogP contribution is -2.70. The quantitative estimate of drug-likeness (QED) is 0.114. The number of nitrogens with one attached hydrogen (secondary N) is 2. The number of unbranched alkanes of at least 4 members (excludes halogenated alkanes) is 4. The molecule has 220 valence electrons. The molecule has 0 spiro atoms. The van der Waals surface area contributed by atoms with Crippen LogP contribution >= 0.6 is 23.5 Å². The first-order chi connectivity index (χ1) is 19.1. The van der Waals surface area contributed by atoms with Gasteiger partial charge < -0.3 is 20.8 Å². The molecule has 3 heterocycles. The second-order valence-electron chi connectivity index (χ2n) is 9.60. The van der Waals surface area contributed by atoms with Crippen LogP contribution in [0, 0.1) is 0 Å². The highest BCUT2D eigenvalue weighted by atomic mass is 32.2. The van der Waals surface area contributed by atoms with Crippen molar-refractivity contribution in [2.45, 2.75) is 87.3 Å². The average molecular weight is 598 g/mol. The summed E-state index contributed by atoms with van der Waals surface area (Å²) in [5, 5.41) is 35.5. The molecule has 0 saturated carbocycles. The predicted molar refractivity (Wildman–Crippen MR) is 146 cm³/mol. The summed E-state index contributed by atoms with van der Waals surface area (Å²) >= 11 is 2.62. The summed E-state index contributed by atoms with van der Waals surface area (Å²) in [6.45, 7) is 2.10. The monoisotopic (exact) mass is 597 g/mol. The fourth-order valence-electron chi connectivity index (χ4n) is 4.41. The molecule has 3 atom stereocenters. The van der Waals surface area contributed by atoms with Crippen LogP contribution in [0.5, 0.6) is 0 Å². The van der Waals surface area contributed by atoms with Crippen LogP contribution in [0.4, 0.5) is 0 Å². The van der Waals surface area contributed by atoms with Crippen molar-refractivity contribution >= 4 is 53.2 Å². The minimum atomic E-state index is -1.22.